The fraction of sp³-hybridized carbons (Fsp3) is 0.867. The maximum atomic E-state index is 11.8. The minimum Gasteiger partial charge on any atom is -0.481 e. The first-order chi connectivity index (χ1) is 15.8. The van der Waals surface area contributed by atoms with E-state index in [4.69, 9.17) is 9.84 Å². The molecule has 0 heterocycles. The Kier molecular flexibility index (Phi) is 6.56. The third kappa shape index (κ3) is 3.77. The van der Waals surface area contributed by atoms with E-state index < -0.39 is 5.97 Å². The SMILES string of the molecule is CC(=O)O[C@H]1CC[C@]2(C)C3=C(CCC2C1(C)C)[C@]1(C)CCC([C@H](C)CCCC(=O)O)[C@@]1(C)CC3. The summed E-state index contributed by atoms with van der Waals surface area (Å²) < 4.78 is 5.84. The molecule has 0 aromatic heterocycles. The monoisotopic (exact) mass is 472 g/mol. The van der Waals surface area contributed by atoms with Crippen molar-refractivity contribution in [3.05, 3.63) is 11.1 Å². The molecule has 4 heteroatoms. The molecule has 2 unspecified atom stereocenters. The van der Waals surface area contributed by atoms with Crippen molar-refractivity contribution in [1.29, 1.82) is 0 Å². The Labute approximate surface area is 207 Å². The predicted octanol–water partition coefficient (Wildman–Crippen LogP) is 7.56. The van der Waals surface area contributed by atoms with Crippen molar-refractivity contribution in [3.63, 3.8) is 0 Å². The molecule has 1 N–H and O–H groups in total. The zero-order chi connectivity index (χ0) is 25.1. The average Bonchev–Trinajstić information content (AvgIpc) is 3.01. The van der Waals surface area contributed by atoms with Gasteiger partial charge in [0.05, 0.1) is 0 Å². The van der Waals surface area contributed by atoms with E-state index in [1.807, 2.05) is 0 Å². The summed E-state index contributed by atoms with van der Waals surface area (Å²) >= 11 is 0. The van der Waals surface area contributed by atoms with E-state index in [1.54, 1.807) is 18.1 Å². The normalized spacial score (nSPS) is 41.8. The van der Waals surface area contributed by atoms with Crippen molar-refractivity contribution in [2.45, 2.75) is 125 Å². The highest BCUT2D eigenvalue weighted by atomic mass is 16.5. The Hall–Kier alpha value is -1.32. The van der Waals surface area contributed by atoms with E-state index in [0.717, 1.165) is 25.7 Å². The van der Waals surface area contributed by atoms with Gasteiger partial charge in [-0.2, -0.15) is 0 Å². The lowest BCUT2D eigenvalue weighted by molar-refractivity contribution is -0.167. The molecule has 0 aliphatic heterocycles. The van der Waals surface area contributed by atoms with Gasteiger partial charge < -0.3 is 9.84 Å². The summed E-state index contributed by atoms with van der Waals surface area (Å²) in [5.74, 6) is 1.00. The van der Waals surface area contributed by atoms with Crippen molar-refractivity contribution in [2.75, 3.05) is 0 Å². The smallest absolute Gasteiger partial charge is 0.303 e. The molecular formula is C30H48O4. The van der Waals surface area contributed by atoms with Gasteiger partial charge in [0.15, 0.2) is 0 Å². The Balaban J connectivity index is 1.62. The molecule has 0 bridgehead atoms. The maximum Gasteiger partial charge on any atom is 0.303 e. The molecule has 4 nitrogen and oxygen atoms in total. The molecule has 4 aliphatic rings. The topological polar surface area (TPSA) is 63.6 Å². The van der Waals surface area contributed by atoms with Crippen molar-refractivity contribution >= 4 is 11.9 Å². The lowest BCUT2D eigenvalue weighted by Crippen LogP contribution is -2.55. The Morgan fingerprint density at radius 3 is 2.35 bits per heavy atom. The van der Waals surface area contributed by atoms with E-state index in [-0.39, 0.29) is 28.3 Å². The zero-order valence-corrected chi connectivity index (χ0v) is 22.8. The number of rotatable bonds is 6. The first-order valence-electron chi connectivity index (χ1n) is 13.9. The van der Waals surface area contributed by atoms with Crippen molar-refractivity contribution < 1.29 is 19.4 Å². The van der Waals surface area contributed by atoms with E-state index in [2.05, 4.69) is 41.5 Å². The summed E-state index contributed by atoms with van der Waals surface area (Å²) in [7, 11) is 0. The van der Waals surface area contributed by atoms with Crippen molar-refractivity contribution in [3.8, 4) is 0 Å². The molecular weight excluding hydrogens is 424 g/mol. The van der Waals surface area contributed by atoms with Crippen LogP contribution in [-0.2, 0) is 14.3 Å². The van der Waals surface area contributed by atoms with Crippen LogP contribution in [0, 0.1) is 39.4 Å². The van der Waals surface area contributed by atoms with Crippen LogP contribution in [0.5, 0.6) is 0 Å². The minimum atomic E-state index is -0.668. The summed E-state index contributed by atoms with van der Waals surface area (Å²) in [5, 5.41) is 9.08. The third-order valence-electron chi connectivity index (χ3n) is 11.8. The second-order valence-corrected chi connectivity index (χ2v) is 13.6. The molecule has 0 aromatic carbocycles. The average molecular weight is 473 g/mol. The highest BCUT2D eigenvalue weighted by molar-refractivity contribution is 5.66. The highest BCUT2D eigenvalue weighted by Crippen LogP contribution is 2.72. The van der Waals surface area contributed by atoms with Gasteiger partial charge in [-0.3, -0.25) is 9.59 Å². The van der Waals surface area contributed by atoms with E-state index in [0.29, 0.717) is 29.6 Å². The molecule has 7 atom stereocenters. The molecule has 0 radical (unpaired) electrons. The summed E-state index contributed by atoms with van der Waals surface area (Å²) in [4.78, 5) is 22.8. The standard InChI is InChI=1S/C30H48O4/c1-19(9-8-10-26(32)33)21-13-17-30(7)23-11-12-24-27(3,4)25(34-20(2)31)15-16-28(24,5)22(23)14-18-29(21,30)6/h19,21,24-25H,8-18H2,1-7H3,(H,32,33)/t19-,21?,24?,25+,28-,29-,30+/m1/s1. The molecule has 34 heavy (non-hydrogen) atoms. The van der Waals surface area contributed by atoms with Crippen molar-refractivity contribution in [2.24, 2.45) is 39.4 Å². The van der Waals surface area contributed by atoms with Gasteiger partial charge in [0.25, 0.3) is 0 Å². The molecule has 4 aliphatic carbocycles. The largest absolute Gasteiger partial charge is 0.481 e. The van der Waals surface area contributed by atoms with Gasteiger partial charge in [-0.15, -0.1) is 0 Å². The van der Waals surface area contributed by atoms with Crippen LogP contribution in [0.15, 0.2) is 11.1 Å². The first kappa shape index (κ1) is 25.8. The second-order valence-electron chi connectivity index (χ2n) is 13.6. The van der Waals surface area contributed by atoms with E-state index >= 15 is 0 Å². The lowest BCUT2D eigenvalue weighted by atomic mass is 9.43. The number of esters is 1. The minimum absolute atomic E-state index is 0.00424. The quantitative estimate of drug-likeness (QED) is 0.320. The van der Waals surface area contributed by atoms with E-state index in [1.165, 1.54) is 38.5 Å². The fourth-order valence-corrected chi connectivity index (χ4v) is 9.80. The van der Waals surface area contributed by atoms with Gasteiger partial charge in [-0.05, 0) is 98.2 Å². The first-order valence-corrected chi connectivity index (χ1v) is 13.9. The summed E-state index contributed by atoms with van der Waals surface area (Å²) in [6.07, 6.45) is 11.6. The van der Waals surface area contributed by atoms with Gasteiger partial charge in [-0.1, -0.05) is 52.7 Å². The number of fused-ring (bicyclic) bond motifs is 4. The van der Waals surface area contributed by atoms with E-state index in [9.17, 15) is 9.59 Å². The fourth-order valence-electron chi connectivity index (χ4n) is 9.80. The molecule has 0 saturated heterocycles. The number of carbonyl (C=O) groups is 2. The van der Waals surface area contributed by atoms with Crippen LogP contribution in [0.2, 0.25) is 0 Å². The zero-order valence-electron chi connectivity index (χ0n) is 22.8. The van der Waals surface area contributed by atoms with Crippen LogP contribution in [-0.4, -0.2) is 23.1 Å². The number of hydrogen-bond donors (Lipinski definition) is 1. The number of aliphatic carboxylic acids is 1. The van der Waals surface area contributed by atoms with Crippen LogP contribution >= 0.6 is 0 Å². The molecule has 0 amide bonds. The number of carboxylic acid groups (broad SMARTS) is 1. The van der Waals surface area contributed by atoms with Crippen LogP contribution in [0.1, 0.15) is 119 Å². The molecule has 4 rings (SSSR count). The second kappa shape index (κ2) is 8.66. The van der Waals surface area contributed by atoms with Gasteiger partial charge in [-0.25, -0.2) is 0 Å². The summed E-state index contributed by atoms with van der Waals surface area (Å²) in [6.45, 7) is 16.3. The number of allylic oxidation sites excluding steroid dienone is 2. The highest BCUT2D eigenvalue weighted by Gasteiger charge is 2.63. The molecule has 2 saturated carbocycles. The Bertz CT molecular complexity index is 871. The van der Waals surface area contributed by atoms with Crippen LogP contribution in [0.4, 0.5) is 0 Å². The maximum absolute atomic E-state index is 11.8. The predicted molar refractivity (Wildman–Crippen MR) is 135 cm³/mol. The third-order valence-corrected chi connectivity index (χ3v) is 11.8. The van der Waals surface area contributed by atoms with Gasteiger partial charge in [0.1, 0.15) is 6.10 Å². The molecule has 0 aromatic rings. The Morgan fingerprint density at radius 2 is 1.71 bits per heavy atom. The van der Waals surface area contributed by atoms with Crippen molar-refractivity contribution in [1.82, 2.24) is 0 Å². The Morgan fingerprint density at radius 1 is 1.00 bits per heavy atom. The summed E-state index contributed by atoms with van der Waals surface area (Å²) in [5.41, 5.74) is 4.32. The van der Waals surface area contributed by atoms with Gasteiger partial charge in [0, 0.05) is 18.8 Å². The number of carboxylic acids is 1. The van der Waals surface area contributed by atoms with Crippen LogP contribution in [0.3, 0.4) is 0 Å². The molecule has 192 valence electrons. The van der Waals surface area contributed by atoms with Gasteiger partial charge in [0.2, 0.25) is 0 Å². The number of ether oxygens (including phenoxy) is 1. The number of carbonyl (C=O) groups excluding carboxylic acids is 1. The van der Waals surface area contributed by atoms with Gasteiger partial charge >= 0.3 is 11.9 Å². The van der Waals surface area contributed by atoms with Crippen LogP contribution in [0.25, 0.3) is 0 Å². The number of hydrogen-bond acceptors (Lipinski definition) is 3. The molecule has 0 spiro atoms. The molecule has 2 fully saturated rings. The lowest BCUT2D eigenvalue weighted by Gasteiger charge is -2.62. The summed E-state index contributed by atoms with van der Waals surface area (Å²) in [6, 6.07) is 0. The van der Waals surface area contributed by atoms with Crippen LogP contribution < -0.4 is 0 Å².